The molecule has 3 heterocycles. The van der Waals surface area contributed by atoms with E-state index in [9.17, 15) is 4.79 Å². The van der Waals surface area contributed by atoms with E-state index < -0.39 is 0 Å². The zero-order valence-electron chi connectivity index (χ0n) is 12.4. The van der Waals surface area contributed by atoms with Crippen LogP contribution in [0, 0.1) is 6.92 Å². The number of likely N-dealkylation sites (tertiary alicyclic amines) is 1. The second kappa shape index (κ2) is 5.33. The van der Waals surface area contributed by atoms with Crippen LogP contribution in [-0.2, 0) is 11.8 Å². The van der Waals surface area contributed by atoms with Gasteiger partial charge in [-0.3, -0.25) is 4.79 Å². The number of nitrogens with zero attached hydrogens (tertiary/aromatic N) is 4. The molecule has 0 aromatic carbocycles. The van der Waals surface area contributed by atoms with E-state index in [1.165, 1.54) is 0 Å². The number of aryl methyl sites for hydroxylation is 2. The van der Waals surface area contributed by atoms with Crippen molar-refractivity contribution in [1.82, 2.24) is 24.9 Å². The monoisotopic (exact) mass is 289 g/mol. The number of hydrogen-bond acceptors (Lipinski definition) is 4. The summed E-state index contributed by atoms with van der Waals surface area (Å²) in [5.41, 5.74) is 2.55. The van der Waals surface area contributed by atoms with E-state index in [0.29, 0.717) is 13.1 Å². The maximum atomic E-state index is 12.7. The fourth-order valence-electron chi connectivity index (χ4n) is 2.98. The van der Waals surface area contributed by atoms with E-state index in [2.05, 4.69) is 15.4 Å². The molecule has 1 N–H and O–H groups in total. The van der Waals surface area contributed by atoms with E-state index in [0.717, 1.165) is 17.0 Å². The molecule has 112 valence electrons. The van der Waals surface area contributed by atoms with Crippen molar-refractivity contribution in [2.45, 2.75) is 18.9 Å². The third-order valence-electron chi connectivity index (χ3n) is 4.15. The molecule has 2 aromatic rings. The van der Waals surface area contributed by atoms with Gasteiger partial charge in [0.15, 0.2) is 0 Å². The van der Waals surface area contributed by atoms with Crippen LogP contribution in [0.15, 0.2) is 18.5 Å². The van der Waals surface area contributed by atoms with Crippen LogP contribution in [-0.4, -0.2) is 57.1 Å². The van der Waals surface area contributed by atoms with E-state index >= 15 is 0 Å². The summed E-state index contributed by atoms with van der Waals surface area (Å²) in [6, 6.07) is 1.95. The predicted molar refractivity (Wildman–Crippen MR) is 76.0 cm³/mol. The van der Waals surface area contributed by atoms with Crippen LogP contribution in [0.1, 0.15) is 27.7 Å². The van der Waals surface area contributed by atoms with Gasteiger partial charge in [-0.05, 0) is 18.6 Å². The van der Waals surface area contributed by atoms with Crippen molar-refractivity contribution < 1.29 is 9.53 Å². The molecule has 0 unspecified atom stereocenters. The van der Waals surface area contributed by atoms with Gasteiger partial charge in [-0.2, -0.15) is 15.4 Å². The van der Waals surface area contributed by atoms with Crippen molar-refractivity contribution >= 4 is 5.91 Å². The molecular formula is C14H19N5O2. The average molecular weight is 289 g/mol. The third-order valence-corrected chi connectivity index (χ3v) is 4.15. The molecule has 1 aliphatic heterocycles. The van der Waals surface area contributed by atoms with Gasteiger partial charge in [-0.25, -0.2) is 0 Å². The molecule has 0 saturated carbocycles. The Hall–Kier alpha value is -2.15. The van der Waals surface area contributed by atoms with E-state index in [4.69, 9.17) is 4.74 Å². The van der Waals surface area contributed by atoms with Gasteiger partial charge < -0.3 is 14.2 Å². The highest BCUT2D eigenvalue weighted by atomic mass is 16.5. The average Bonchev–Trinajstić information content (AvgIpc) is 3.17. The number of carbonyl (C=O) groups is 1. The minimum absolute atomic E-state index is 0.0352. The van der Waals surface area contributed by atoms with Gasteiger partial charge in [0.1, 0.15) is 5.69 Å². The SMILES string of the molecule is CO[C@@H]1CN(C(=O)c2c(C)ccn2C)C[C@H]1c1cn[nH]n1. The fourth-order valence-corrected chi connectivity index (χ4v) is 2.98. The maximum Gasteiger partial charge on any atom is 0.270 e. The Labute approximate surface area is 122 Å². The van der Waals surface area contributed by atoms with Crippen molar-refractivity contribution in [2.24, 2.45) is 7.05 Å². The number of amides is 1. The Morgan fingerprint density at radius 1 is 1.48 bits per heavy atom. The molecule has 7 nitrogen and oxygen atoms in total. The molecule has 2 aromatic heterocycles. The minimum atomic E-state index is -0.0559. The first kappa shape index (κ1) is 13.8. The first-order chi connectivity index (χ1) is 10.1. The van der Waals surface area contributed by atoms with Crippen LogP contribution in [0.5, 0.6) is 0 Å². The molecule has 0 radical (unpaired) electrons. The quantitative estimate of drug-likeness (QED) is 0.902. The van der Waals surface area contributed by atoms with Crippen molar-refractivity contribution in [3.63, 3.8) is 0 Å². The summed E-state index contributed by atoms with van der Waals surface area (Å²) in [4.78, 5) is 14.6. The molecule has 0 aliphatic carbocycles. The number of rotatable bonds is 3. The topological polar surface area (TPSA) is 76.0 Å². The third kappa shape index (κ3) is 2.33. The lowest BCUT2D eigenvalue weighted by molar-refractivity contribution is 0.0705. The summed E-state index contributed by atoms with van der Waals surface area (Å²) in [7, 11) is 3.55. The van der Waals surface area contributed by atoms with Gasteiger partial charge in [0, 0.05) is 33.4 Å². The van der Waals surface area contributed by atoms with Gasteiger partial charge in [0.25, 0.3) is 5.91 Å². The summed E-state index contributed by atoms with van der Waals surface area (Å²) in [5, 5.41) is 10.6. The number of aromatic amines is 1. The van der Waals surface area contributed by atoms with Gasteiger partial charge >= 0.3 is 0 Å². The summed E-state index contributed by atoms with van der Waals surface area (Å²) >= 11 is 0. The molecule has 1 amide bonds. The Kier molecular flexibility index (Phi) is 3.50. The molecule has 21 heavy (non-hydrogen) atoms. The normalized spacial score (nSPS) is 22.0. The van der Waals surface area contributed by atoms with Crippen LogP contribution in [0.4, 0.5) is 0 Å². The highest BCUT2D eigenvalue weighted by Gasteiger charge is 2.38. The molecular weight excluding hydrogens is 270 g/mol. The van der Waals surface area contributed by atoms with Gasteiger partial charge in [-0.1, -0.05) is 0 Å². The van der Waals surface area contributed by atoms with Crippen molar-refractivity contribution in [3.05, 3.63) is 35.4 Å². The summed E-state index contributed by atoms with van der Waals surface area (Å²) < 4.78 is 7.39. The lowest BCUT2D eigenvalue weighted by Gasteiger charge is -2.17. The summed E-state index contributed by atoms with van der Waals surface area (Å²) in [6.07, 6.45) is 3.54. The Morgan fingerprint density at radius 3 is 2.86 bits per heavy atom. The van der Waals surface area contributed by atoms with E-state index in [1.807, 2.05) is 35.7 Å². The molecule has 7 heteroatoms. The van der Waals surface area contributed by atoms with E-state index in [1.54, 1.807) is 13.3 Å². The zero-order valence-corrected chi connectivity index (χ0v) is 12.4. The first-order valence-corrected chi connectivity index (χ1v) is 6.91. The standard InChI is InChI=1S/C14H19N5O2/c1-9-4-5-18(2)13(9)14(20)19-7-10(12(8-19)21-3)11-6-15-17-16-11/h4-6,10,12H,7-8H2,1-3H3,(H,15,16,17)/t10-,12+/m0/s1. The van der Waals surface area contributed by atoms with Crippen LogP contribution in [0.25, 0.3) is 0 Å². The van der Waals surface area contributed by atoms with Crippen LogP contribution < -0.4 is 0 Å². The van der Waals surface area contributed by atoms with Crippen molar-refractivity contribution in [3.8, 4) is 0 Å². The predicted octanol–water partition coefficient (Wildman–Crippen LogP) is 0.706. The Balaban J connectivity index is 1.83. The zero-order chi connectivity index (χ0) is 15.0. The van der Waals surface area contributed by atoms with Gasteiger partial charge in [0.05, 0.1) is 23.9 Å². The minimum Gasteiger partial charge on any atom is -0.379 e. The molecule has 3 rings (SSSR count). The summed E-state index contributed by atoms with van der Waals surface area (Å²) in [6.45, 7) is 3.11. The molecule has 1 saturated heterocycles. The second-order valence-electron chi connectivity index (χ2n) is 5.44. The molecule has 0 spiro atoms. The lowest BCUT2D eigenvalue weighted by atomic mass is 10.0. The maximum absolute atomic E-state index is 12.7. The van der Waals surface area contributed by atoms with Crippen LogP contribution in [0.2, 0.25) is 0 Å². The van der Waals surface area contributed by atoms with Crippen molar-refractivity contribution in [2.75, 3.05) is 20.2 Å². The highest BCUT2D eigenvalue weighted by molar-refractivity contribution is 5.94. The fraction of sp³-hybridized carbons (Fsp3) is 0.500. The van der Waals surface area contributed by atoms with Crippen LogP contribution >= 0.6 is 0 Å². The van der Waals surface area contributed by atoms with Gasteiger partial charge in [-0.15, -0.1) is 0 Å². The van der Waals surface area contributed by atoms with Crippen molar-refractivity contribution in [1.29, 1.82) is 0 Å². The van der Waals surface area contributed by atoms with Crippen LogP contribution in [0.3, 0.4) is 0 Å². The lowest BCUT2D eigenvalue weighted by Crippen LogP contribution is -2.31. The number of aromatic nitrogens is 4. The Bertz CT molecular complexity index is 614. The molecule has 1 aliphatic rings. The number of nitrogens with one attached hydrogen (secondary N) is 1. The van der Waals surface area contributed by atoms with Gasteiger partial charge in [0.2, 0.25) is 0 Å². The first-order valence-electron chi connectivity index (χ1n) is 6.91. The van der Waals surface area contributed by atoms with E-state index in [-0.39, 0.29) is 17.9 Å². The number of methoxy groups -OCH3 is 1. The second-order valence-corrected chi connectivity index (χ2v) is 5.44. The molecule has 1 fully saturated rings. The Morgan fingerprint density at radius 2 is 2.29 bits per heavy atom. The number of H-pyrrole nitrogens is 1. The molecule has 2 atom stereocenters. The smallest absolute Gasteiger partial charge is 0.270 e. The number of ether oxygens (including phenoxy) is 1. The summed E-state index contributed by atoms with van der Waals surface area (Å²) in [5.74, 6) is 0.0892. The highest BCUT2D eigenvalue weighted by Crippen LogP contribution is 2.29. The largest absolute Gasteiger partial charge is 0.379 e. The molecule has 0 bridgehead atoms. The number of hydrogen-bond donors (Lipinski definition) is 1. The number of carbonyl (C=O) groups excluding carboxylic acids is 1.